The first kappa shape index (κ1) is 13.1. The van der Waals surface area contributed by atoms with Crippen LogP contribution in [0.2, 0.25) is 0 Å². The lowest BCUT2D eigenvalue weighted by molar-refractivity contribution is 0.849. The SMILES string of the molecule is CCNc1nc(N(CC)CC)c2cc(C)sc2n1. The van der Waals surface area contributed by atoms with Crippen molar-refractivity contribution in [3.8, 4) is 0 Å². The van der Waals surface area contributed by atoms with Gasteiger partial charge < -0.3 is 10.2 Å². The van der Waals surface area contributed by atoms with Crippen molar-refractivity contribution in [2.24, 2.45) is 0 Å². The van der Waals surface area contributed by atoms with E-state index in [9.17, 15) is 0 Å². The molecule has 2 aromatic rings. The Balaban J connectivity index is 2.59. The predicted octanol–water partition coefficient (Wildman–Crippen LogP) is 3.28. The van der Waals surface area contributed by atoms with Crippen LogP contribution in [0.15, 0.2) is 6.07 Å². The molecule has 0 fully saturated rings. The molecule has 0 amide bonds. The number of nitrogens with zero attached hydrogens (tertiary/aromatic N) is 3. The topological polar surface area (TPSA) is 41.1 Å². The van der Waals surface area contributed by atoms with Crippen LogP contribution in [0.5, 0.6) is 0 Å². The van der Waals surface area contributed by atoms with Crippen molar-refractivity contribution >= 4 is 33.3 Å². The molecule has 0 aliphatic heterocycles. The second kappa shape index (κ2) is 5.52. The number of aryl methyl sites for hydroxylation is 1. The highest BCUT2D eigenvalue weighted by Crippen LogP contribution is 2.31. The zero-order chi connectivity index (χ0) is 13.1. The zero-order valence-corrected chi connectivity index (χ0v) is 12.3. The summed E-state index contributed by atoms with van der Waals surface area (Å²) < 4.78 is 0. The lowest BCUT2D eigenvalue weighted by Crippen LogP contribution is -2.23. The molecule has 0 aliphatic rings. The molecule has 18 heavy (non-hydrogen) atoms. The first-order chi connectivity index (χ1) is 8.69. The Labute approximate surface area is 112 Å². The number of anilines is 2. The van der Waals surface area contributed by atoms with Crippen LogP contribution in [-0.2, 0) is 0 Å². The van der Waals surface area contributed by atoms with Gasteiger partial charge in [0.1, 0.15) is 10.6 Å². The summed E-state index contributed by atoms with van der Waals surface area (Å²) in [5.74, 6) is 1.78. The van der Waals surface area contributed by atoms with E-state index in [1.165, 1.54) is 10.3 Å². The van der Waals surface area contributed by atoms with Crippen molar-refractivity contribution < 1.29 is 0 Å². The van der Waals surface area contributed by atoms with Gasteiger partial charge in [0.25, 0.3) is 0 Å². The third-order valence-corrected chi connectivity index (χ3v) is 3.84. The van der Waals surface area contributed by atoms with Gasteiger partial charge >= 0.3 is 0 Å². The van der Waals surface area contributed by atoms with E-state index >= 15 is 0 Å². The van der Waals surface area contributed by atoms with Crippen LogP contribution in [0.3, 0.4) is 0 Å². The van der Waals surface area contributed by atoms with E-state index in [0.717, 1.165) is 36.2 Å². The average molecular weight is 264 g/mol. The minimum absolute atomic E-state index is 0.730. The first-order valence-electron chi connectivity index (χ1n) is 6.46. The quantitative estimate of drug-likeness (QED) is 0.900. The fourth-order valence-electron chi connectivity index (χ4n) is 2.03. The van der Waals surface area contributed by atoms with Crippen LogP contribution in [0.25, 0.3) is 10.2 Å². The van der Waals surface area contributed by atoms with Crippen LogP contribution in [0.1, 0.15) is 25.6 Å². The van der Waals surface area contributed by atoms with Gasteiger partial charge in [0.05, 0.1) is 5.39 Å². The van der Waals surface area contributed by atoms with Gasteiger partial charge in [-0.2, -0.15) is 4.98 Å². The Hall–Kier alpha value is -1.36. The van der Waals surface area contributed by atoms with Gasteiger partial charge in [0, 0.05) is 24.5 Å². The largest absolute Gasteiger partial charge is 0.356 e. The lowest BCUT2D eigenvalue weighted by Gasteiger charge is -2.21. The molecule has 0 aliphatic carbocycles. The summed E-state index contributed by atoms with van der Waals surface area (Å²) >= 11 is 1.73. The highest BCUT2D eigenvalue weighted by atomic mass is 32.1. The number of fused-ring (bicyclic) bond motifs is 1. The van der Waals surface area contributed by atoms with Crippen LogP contribution in [-0.4, -0.2) is 29.6 Å². The number of aromatic nitrogens is 2. The molecule has 98 valence electrons. The van der Waals surface area contributed by atoms with Crippen molar-refractivity contribution in [1.82, 2.24) is 9.97 Å². The molecular weight excluding hydrogens is 244 g/mol. The number of thiophene rings is 1. The van der Waals surface area contributed by atoms with Gasteiger partial charge in [-0.15, -0.1) is 11.3 Å². The fraction of sp³-hybridized carbons (Fsp3) is 0.538. The average Bonchev–Trinajstić information content (AvgIpc) is 2.71. The van der Waals surface area contributed by atoms with Gasteiger partial charge in [0.15, 0.2) is 0 Å². The van der Waals surface area contributed by atoms with Crippen LogP contribution >= 0.6 is 11.3 Å². The smallest absolute Gasteiger partial charge is 0.226 e. The van der Waals surface area contributed by atoms with Gasteiger partial charge in [-0.1, -0.05) is 0 Å². The summed E-state index contributed by atoms with van der Waals surface area (Å²) in [5, 5.41) is 4.38. The van der Waals surface area contributed by atoms with Crippen LogP contribution in [0, 0.1) is 6.92 Å². The van der Waals surface area contributed by atoms with Crippen molar-refractivity contribution in [3.63, 3.8) is 0 Å². The zero-order valence-electron chi connectivity index (χ0n) is 11.4. The molecule has 0 aromatic carbocycles. The summed E-state index contributed by atoms with van der Waals surface area (Å²) in [6.07, 6.45) is 0. The number of hydrogen-bond donors (Lipinski definition) is 1. The van der Waals surface area contributed by atoms with Crippen molar-refractivity contribution in [1.29, 1.82) is 0 Å². The molecule has 2 rings (SSSR count). The minimum Gasteiger partial charge on any atom is -0.356 e. The first-order valence-corrected chi connectivity index (χ1v) is 7.28. The Morgan fingerprint density at radius 2 is 1.94 bits per heavy atom. The molecule has 2 heterocycles. The molecule has 0 radical (unpaired) electrons. The minimum atomic E-state index is 0.730. The fourth-order valence-corrected chi connectivity index (χ4v) is 2.90. The van der Waals surface area contributed by atoms with Crippen molar-refractivity contribution in [3.05, 3.63) is 10.9 Å². The molecule has 0 bridgehead atoms. The molecule has 0 spiro atoms. The maximum atomic E-state index is 4.66. The van der Waals surface area contributed by atoms with Crippen molar-refractivity contribution in [2.75, 3.05) is 29.9 Å². The normalized spacial score (nSPS) is 10.9. The third kappa shape index (κ3) is 2.41. The summed E-state index contributed by atoms with van der Waals surface area (Å²) in [7, 11) is 0. The van der Waals surface area contributed by atoms with Crippen LogP contribution < -0.4 is 10.2 Å². The molecule has 0 atom stereocenters. The molecule has 5 heteroatoms. The molecular formula is C13H20N4S. The standard InChI is InChI=1S/C13H20N4S/c1-5-14-13-15-11(17(6-2)7-3)10-8-9(4)18-12(10)16-13/h8H,5-7H2,1-4H3,(H,14,15,16). The van der Waals surface area contributed by atoms with Gasteiger partial charge in [-0.25, -0.2) is 4.98 Å². The Morgan fingerprint density at radius 1 is 1.22 bits per heavy atom. The summed E-state index contributed by atoms with van der Waals surface area (Å²) in [5.41, 5.74) is 0. The molecule has 2 aromatic heterocycles. The van der Waals surface area contributed by atoms with E-state index in [1.807, 2.05) is 0 Å². The molecule has 1 N–H and O–H groups in total. The molecule has 4 nitrogen and oxygen atoms in total. The molecule has 0 unspecified atom stereocenters. The summed E-state index contributed by atoms with van der Waals surface area (Å²) in [4.78, 5) is 13.8. The van der Waals surface area contributed by atoms with E-state index in [2.05, 4.69) is 53.9 Å². The number of rotatable bonds is 5. The van der Waals surface area contributed by atoms with E-state index in [4.69, 9.17) is 0 Å². The van der Waals surface area contributed by atoms with Crippen molar-refractivity contribution in [2.45, 2.75) is 27.7 Å². The highest BCUT2D eigenvalue weighted by molar-refractivity contribution is 7.18. The predicted molar refractivity (Wildman–Crippen MR) is 79.9 cm³/mol. The second-order valence-corrected chi connectivity index (χ2v) is 5.38. The second-order valence-electron chi connectivity index (χ2n) is 4.15. The third-order valence-electron chi connectivity index (χ3n) is 2.89. The molecule has 0 saturated carbocycles. The van der Waals surface area contributed by atoms with E-state index < -0.39 is 0 Å². The number of hydrogen-bond acceptors (Lipinski definition) is 5. The Kier molecular flexibility index (Phi) is 4.01. The van der Waals surface area contributed by atoms with Gasteiger partial charge in [0.2, 0.25) is 5.95 Å². The van der Waals surface area contributed by atoms with Crippen LogP contribution in [0.4, 0.5) is 11.8 Å². The monoisotopic (exact) mass is 264 g/mol. The Bertz CT molecular complexity index is 531. The lowest BCUT2D eigenvalue weighted by atomic mass is 10.3. The van der Waals surface area contributed by atoms with E-state index in [0.29, 0.717) is 0 Å². The summed E-state index contributed by atoms with van der Waals surface area (Å²) in [6.45, 7) is 11.3. The maximum absolute atomic E-state index is 4.66. The molecule has 0 saturated heterocycles. The maximum Gasteiger partial charge on any atom is 0.226 e. The van der Waals surface area contributed by atoms with E-state index in [-0.39, 0.29) is 0 Å². The van der Waals surface area contributed by atoms with Gasteiger partial charge in [-0.3, -0.25) is 0 Å². The highest BCUT2D eigenvalue weighted by Gasteiger charge is 2.14. The number of nitrogens with one attached hydrogen (secondary N) is 1. The van der Waals surface area contributed by atoms with Gasteiger partial charge in [-0.05, 0) is 33.8 Å². The van der Waals surface area contributed by atoms with E-state index in [1.54, 1.807) is 11.3 Å². The Morgan fingerprint density at radius 3 is 2.56 bits per heavy atom. The summed E-state index contributed by atoms with van der Waals surface area (Å²) in [6, 6.07) is 2.18.